The zero-order chi connectivity index (χ0) is 13.8. The molecule has 2 heterocycles. The first-order valence-electron chi connectivity index (χ1n) is 6.09. The van der Waals surface area contributed by atoms with Crippen LogP contribution in [0.2, 0.25) is 0 Å². The van der Waals surface area contributed by atoms with Crippen molar-refractivity contribution >= 4 is 11.3 Å². The van der Waals surface area contributed by atoms with Gasteiger partial charge in [-0.25, -0.2) is 0 Å². The highest BCUT2D eigenvalue weighted by molar-refractivity contribution is 7.10. The Kier molecular flexibility index (Phi) is 4.34. The zero-order valence-electron chi connectivity index (χ0n) is 11.0. The summed E-state index contributed by atoms with van der Waals surface area (Å²) in [6.45, 7) is 4.03. The predicted molar refractivity (Wildman–Crippen MR) is 76.7 cm³/mol. The third-order valence-corrected chi connectivity index (χ3v) is 4.04. The Balaban J connectivity index is 1.90. The fourth-order valence-electron chi connectivity index (χ4n) is 1.75. The SMILES string of the molecule is Cc1ccsc1CNCCn1ccn(C)c(=O)c1=O. The van der Waals surface area contributed by atoms with E-state index < -0.39 is 11.1 Å². The van der Waals surface area contributed by atoms with Crippen LogP contribution in [0.1, 0.15) is 10.4 Å². The summed E-state index contributed by atoms with van der Waals surface area (Å²) in [7, 11) is 1.58. The van der Waals surface area contributed by atoms with Gasteiger partial charge >= 0.3 is 11.1 Å². The molecule has 1 N–H and O–H groups in total. The van der Waals surface area contributed by atoms with Crippen LogP contribution in [0.15, 0.2) is 33.4 Å². The summed E-state index contributed by atoms with van der Waals surface area (Å²) in [4.78, 5) is 24.4. The van der Waals surface area contributed by atoms with E-state index in [1.54, 1.807) is 30.8 Å². The average Bonchev–Trinajstić information content (AvgIpc) is 2.80. The van der Waals surface area contributed by atoms with E-state index in [1.807, 2.05) is 0 Å². The van der Waals surface area contributed by atoms with Gasteiger partial charge in [0.2, 0.25) is 0 Å². The third kappa shape index (κ3) is 3.21. The summed E-state index contributed by atoms with van der Waals surface area (Å²) in [5, 5.41) is 5.35. The second-order valence-corrected chi connectivity index (χ2v) is 5.42. The van der Waals surface area contributed by atoms with Gasteiger partial charge in [0.1, 0.15) is 0 Å². The lowest BCUT2D eigenvalue weighted by Gasteiger charge is -2.07. The molecule has 2 rings (SSSR count). The molecule has 0 spiro atoms. The number of nitrogens with one attached hydrogen (secondary N) is 1. The van der Waals surface area contributed by atoms with E-state index in [9.17, 15) is 9.59 Å². The van der Waals surface area contributed by atoms with E-state index in [2.05, 4.69) is 23.7 Å². The molecule has 0 atom stereocenters. The fourth-order valence-corrected chi connectivity index (χ4v) is 2.63. The van der Waals surface area contributed by atoms with E-state index in [0.717, 1.165) is 6.54 Å². The van der Waals surface area contributed by atoms with Crippen molar-refractivity contribution in [2.24, 2.45) is 7.05 Å². The summed E-state index contributed by atoms with van der Waals surface area (Å²) in [6, 6.07) is 2.09. The van der Waals surface area contributed by atoms with Crippen LogP contribution in [-0.2, 0) is 20.1 Å². The van der Waals surface area contributed by atoms with Crippen LogP contribution in [0.4, 0.5) is 0 Å². The Morgan fingerprint density at radius 2 is 2.05 bits per heavy atom. The molecule has 0 fully saturated rings. The lowest BCUT2D eigenvalue weighted by atomic mass is 10.3. The molecule has 0 radical (unpaired) electrons. The number of aryl methyl sites for hydroxylation is 2. The molecule has 2 aromatic rings. The minimum atomic E-state index is -0.489. The maximum absolute atomic E-state index is 11.7. The van der Waals surface area contributed by atoms with E-state index in [1.165, 1.54) is 19.6 Å². The molecule has 0 aliphatic carbocycles. The molecule has 19 heavy (non-hydrogen) atoms. The largest absolute Gasteiger partial charge is 0.316 e. The summed E-state index contributed by atoms with van der Waals surface area (Å²) in [5.74, 6) is 0. The van der Waals surface area contributed by atoms with E-state index in [-0.39, 0.29) is 0 Å². The van der Waals surface area contributed by atoms with E-state index in [0.29, 0.717) is 13.1 Å². The zero-order valence-corrected chi connectivity index (χ0v) is 11.9. The molecule has 0 saturated heterocycles. The lowest BCUT2D eigenvalue weighted by Crippen LogP contribution is -2.40. The number of aromatic nitrogens is 2. The van der Waals surface area contributed by atoms with Gasteiger partial charge in [0.25, 0.3) is 0 Å². The Morgan fingerprint density at radius 3 is 2.74 bits per heavy atom. The Hall–Kier alpha value is -1.66. The number of hydrogen-bond acceptors (Lipinski definition) is 4. The standard InChI is InChI=1S/C13H17N3O2S/c1-10-3-8-19-11(10)9-14-4-5-16-7-6-15(2)12(17)13(16)18/h3,6-8,14H,4-5,9H2,1-2H3. The van der Waals surface area contributed by atoms with Gasteiger partial charge in [-0.3, -0.25) is 9.59 Å². The molecule has 0 unspecified atom stereocenters. The van der Waals surface area contributed by atoms with Gasteiger partial charge < -0.3 is 14.5 Å². The highest BCUT2D eigenvalue weighted by atomic mass is 32.1. The normalized spacial score (nSPS) is 10.8. The molecule has 5 nitrogen and oxygen atoms in total. The second-order valence-electron chi connectivity index (χ2n) is 4.42. The van der Waals surface area contributed by atoms with Crippen molar-refractivity contribution < 1.29 is 0 Å². The first-order valence-corrected chi connectivity index (χ1v) is 6.97. The topological polar surface area (TPSA) is 56.0 Å². The van der Waals surface area contributed by atoms with Crippen LogP contribution < -0.4 is 16.4 Å². The molecular weight excluding hydrogens is 262 g/mol. The Labute approximate surface area is 115 Å². The number of thiophene rings is 1. The van der Waals surface area contributed by atoms with Gasteiger partial charge in [0, 0.05) is 44.0 Å². The molecule has 0 aliphatic rings. The summed E-state index contributed by atoms with van der Waals surface area (Å²) >= 11 is 1.72. The van der Waals surface area contributed by atoms with E-state index in [4.69, 9.17) is 0 Å². The maximum Gasteiger partial charge on any atom is 0.316 e. The quantitative estimate of drug-likeness (QED) is 0.648. The van der Waals surface area contributed by atoms with Gasteiger partial charge in [0.05, 0.1) is 0 Å². The molecule has 6 heteroatoms. The van der Waals surface area contributed by atoms with Gasteiger partial charge in [0.15, 0.2) is 0 Å². The van der Waals surface area contributed by atoms with Crippen LogP contribution in [0.5, 0.6) is 0 Å². The second kappa shape index (κ2) is 5.99. The van der Waals surface area contributed by atoms with Crippen molar-refractivity contribution in [1.82, 2.24) is 14.5 Å². The number of rotatable bonds is 5. The molecule has 0 aromatic carbocycles. The van der Waals surface area contributed by atoms with Crippen LogP contribution >= 0.6 is 11.3 Å². The fraction of sp³-hybridized carbons (Fsp3) is 0.385. The smallest absolute Gasteiger partial charge is 0.312 e. The van der Waals surface area contributed by atoms with Crippen LogP contribution in [0, 0.1) is 6.92 Å². The van der Waals surface area contributed by atoms with Crippen LogP contribution in [0.25, 0.3) is 0 Å². The summed E-state index contributed by atoms with van der Waals surface area (Å²) < 4.78 is 2.73. The first kappa shape index (κ1) is 13.8. The monoisotopic (exact) mass is 279 g/mol. The molecule has 0 amide bonds. The van der Waals surface area contributed by atoms with E-state index >= 15 is 0 Å². The highest BCUT2D eigenvalue weighted by Crippen LogP contribution is 2.14. The first-order chi connectivity index (χ1) is 9.09. The van der Waals surface area contributed by atoms with Crippen molar-refractivity contribution in [1.29, 1.82) is 0 Å². The predicted octanol–water partition coefficient (Wildman–Crippen LogP) is 0.707. The highest BCUT2D eigenvalue weighted by Gasteiger charge is 2.02. The molecule has 0 saturated carbocycles. The van der Waals surface area contributed by atoms with Crippen LogP contribution in [-0.4, -0.2) is 15.7 Å². The van der Waals surface area contributed by atoms with Crippen molar-refractivity contribution in [3.05, 3.63) is 55.0 Å². The molecule has 2 aromatic heterocycles. The Morgan fingerprint density at radius 1 is 1.26 bits per heavy atom. The van der Waals surface area contributed by atoms with Crippen LogP contribution in [0.3, 0.4) is 0 Å². The minimum absolute atomic E-state index is 0.473. The number of hydrogen-bond donors (Lipinski definition) is 1. The number of nitrogens with zero attached hydrogens (tertiary/aromatic N) is 2. The van der Waals surface area contributed by atoms with Crippen molar-refractivity contribution in [2.45, 2.75) is 20.0 Å². The summed E-state index contributed by atoms with van der Waals surface area (Å²) in [6.07, 6.45) is 3.24. The minimum Gasteiger partial charge on any atom is -0.312 e. The van der Waals surface area contributed by atoms with Gasteiger partial charge in [-0.2, -0.15) is 0 Å². The maximum atomic E-state index is 11.7. The van der Waals surface area contributed by atoms with Gasteiger partial charge in [-0.1, -0.05) is 0 Å². The average molecular weight is 279 g/mol. The summed E-state index contributed by atoms with van der Waals surface area (Å²) in [5.41, 5.74) is 0.318. The van der Waals surface area contributed by atoms with Crippen molar-refractivity contribution in [3.63, 3.8) is 0 Å². The Bertz CT molecular complexity index is 669. The van der Waals surface area contributed by atoms with Crippen molar-refractivity contribution in [2.75, 3.05) is 6.54 Å². The molecule has 0 bridgehead atoms. The van der Waals surface area contributed by atoms with Crippen molar-refractivity contribution in [3.8, 4) is 0 Å². The van der Waals surface area contributed by atoms with Gasteiger partial charge in [-0.05, 0) is 23.9 Å². The third-order valence-electron chi connectivity index (χ3n) is 3.02. The van der Waals surface area contributed by atoms with Gasteiger partial charge in [-0.15, -0.1) is 11.3 Å². The molecule has 0 aliphatic heterocycles. The molecule has 102 valence electrons. The molecular formula is C13H17N3O2S. The lowest BCUT2D eigenvalue weighted by molar-refractivity contribution is 0.573.